The van der Waals surface area contributed by atoms with Crippen molar-refractivity contribution in [3.05, 3.63) is 29.6 Å². The van der Waals surface area contributed by atoms with E-state index in [-0.39, 0.29) is 5.91 Å². The third-order valence-corrected chi connectivity index (χ3v) is 3.23. The molecule has 1 N–H and O–H groups in total. The van der Waals surface area contributed by atoms with Crippen molar-refractivity contribution in [2.75, 3.05) is 18.5 Å². The van der Waals surface area contributed by atoms with E-state index in [9.17, 15) is 4.79 Å². The van der Waals surface area contributed by atoms with Crippen molar-refractivity contribution < 1.29 is 9.53 Å². The fourth-order valence-electron chi connectivity index (χ4n) is 1.72. The maximum Gasteiger partial charge on any atom is 0.224 e. The molecule has 2 aromatic rings. The van der Waals surface area contributed by atoms with Crippen LogP contribution in [0, 0.1) is 0 Å². The van der Waals surface area contributed by atoms with Crippen LogP contribution in [0.1, 0.15) is 19.8 Å². The van der Waals surface area contributed by atoms with Crippen LogP contribution in [0.4, 0.5) is 5.69 Å². The van der Waals surface area contributed by atoms with Crippen LogP contribution in [-0.2, 0) is 9.53 Å². The molecule has 0 bridgehead atoms. The molecule has 2 rings (SSSR count). The summed E-state index contributed by atoms with van der Waals surface area (Å²) in [4.78, 5) is 11.7. The van der Waals surface area contributed by atoms with E-state index in [1.165, 1.54) is 11.5 Å². The number of nitrogens with one attached hydrogen (secondary N) is 1. The van der Waals surface area contributed by atoms with Gasteiger partial charge < -0.3 is 10.1 Å². The Bertz CT molecular complexity index is 526. The second-order valence-corrected chi connectivity index (χ2v) is 4.83. The third-order valence-electron chi connectivity index (χ3n) is 2.72. The average Bonchev–Trinajstić information content (AvgIpc) is 2.99. The SMILES string of the molecule is CCOCCCC(=O)Nc1ccc(-c2csnn2)cc1. The quantitative estimate of drug-likeness (QED) is 0.797. The van der Waals surface area contributed by atoms with Crippen molar-refractivity contribution in [2.45, 2.75) is 19.8 Å². The number of aromatic nitrogens is 2. The minimum absolute atomic E-state index is 0.00720. The predicted octanol–water partition coefficient (Wildman–Crippen LogP) is 2.96. The zero-order chi connectivity index (χ0) is 14.2. The summed E-state index contributed by atoms with van der Waals surface area (Å²) in [6.45, 7) is 3.26. The van der Waals surface area contributed by atoms with Gasteiger partial charge in [0.05, 0.1) is 0 Å². The largest absolute Gasteiger partial charge is 0.382 e. The van der Waals surface area contributed by atoms with Crippen molar-refractivity contribution in [1.82, 2.24) is 9.59 Å². The van der Waals surface area contributed by atoms with Gasteiger partial charge in [-0.05, 0) is 37.0 Å². The molecule has 106 valence electrons. The number of nitrogens with zero attached hydrogens (tertiary/aromatic N) is 2. The van der Waals surface area contributed by atoms with Crippen molar-refractivity contribution in [3.8, 4) is 11.3 Å². The van der Waals surface area contributed by atoms with Crippen molar-refractivity contribution in [3.63, 3.8) is 0 Å². The Labute approximate surface area is 122 Å². The summed E-state index contributed by atoms with van der Waals surface area (Å²) in [5, 5.41) is 8.76. The van der Waals surface area contributed by atoms with Crippen LogP contribution >= 0.6 is 11.5 Å². The summed E-state index contributed by atoms with van der Waals surface area (Å²) in [5.41, 5.74) is 2.64. The van der Waals surface area contributed by atoms with Gasteiger partial charge >= 0.3 is 0 Å². The van der Waals surface area contributed by atoms with Gasteiger partial charge in [-0.15, -0.1) is 5.10 Å². The fraction of sp³-hybridized carbons (Fsp3) is 0.357. The number of hydrogen-bond acceptors (Lipinski definition) is 5. The van der Waals surface area contributed by atoms with Crippen LogP contribution < -0.4 is 5.32 Å². The van der Waals surface area contributed by atoms with Gasteiger partial charge in [-0.25, -0.2) is 0 Å². The molecule has 1 aromatic heterocycles. The fourth-order valence-corrected chi connectivity index (χ4v) is 2.18. The average molecular weight is 291 g/mol. The molecular weight excluding hydrogens is 274 g/mol. The van der Waals surface area contributed by atoms with E-state index in [0.29, 0.717) is 19.6 Å². The highest BCUT2D eigenvalue weighted by molar-refractivity contribution is 7.03. The maximum absolute atomic E-state index is 11.7. The summed E-state index contributed by atoms with van der Waals surface area (Å²) >= 11 is 1.32. The number of ether oxygens (including phenoxy) is 1. The molecule has 0 atom stereocenters. The minimum atomic E-state index is 0.00720. The molecule has 1 heterocycles. The third kappa shape index (κ3) is 4.40. The summed E-state index contributed by atoms with van der Waals surface area (Å²) in [6.07, 6.45) is 1.21. The van der Waals surface area contributed by atoms with Gasteiger partial charge in [-0.2, -0.15) is 0 Å². The van der Waals surface area contributed by atoms with E-state index in [1.807, 2.05) is 36.6 Å². The Kier molecular flexibility index (Phi) is 5.64. The lowest BCUT2D eigenvalue weighted by atomic mass is 10.1. The molecule has 0 saturated heterocycles. The first kappa shape index (κ1) is 14.6. The first-order valence-electron chi connectivity index (χ1n) is 6.54. The highest BCUT2D eigenvalue weighted by Crippen LogP contribution is 2.20. The topological polar surface area (TPSA) is 64.1 Å². The number of hydrogen-bond donors (Lipinski definition) is 1. The van der Waals surface area contributed by atoms with Gasteiger partial charge in [0.2, 0.25) is 5.91 Å². The molecule has 0 radical (unpaired) electrons. The lowest BCUT2D eigenvalue weighted by Gasteiger charge is -2.06. The molecule has 20 heavy (non-hydrogen) atoms. The summed E-state index contributed by atoms with van der Waals surface area (Å²) in [5.74, 6) is 0.00720. The molecule has 5 nitrogen and oxygen atoms in total. The predicted molar refractivity (Wildman–Crippen MR) is 79.7 cm³/mol. The summed E-state index contributed by atoms with van der Waals surface area (Å²) in [7, 11) is 0. The van der Waals surface area contributed by atoms with Crippen LogP contribution in [0.15, 0.2) is 29.6 Å². The highest BCUT2D eigenvalue weighted by Gasteiger charge is 2.04. The van der Waals surface area contributed by atoms with E-state index in [1.54, 1.807) is 0 Å². The van der Waals surface area contributed by atoms with E-state index in [2.05, 4.69) is 14.9 Å². The molecule has 0 aliphatic heterocycles. The van der Waals surface area contributed by atoms with E-state index < -0.39 is 0 Å². The summed E-state index contributed by atoms with van der Waals surface area (Å²) in [6, 6.07) is 7.59. The molecule has 1 aromatic carbocycles. The standard InChI is InChI=1S/C14H17N3O2S/c1-2-19-9-3-4-14(18)15-12-7-5-11(6-8-12)13-10-20-17-16-13/h5-8,10H,2-4,9H2,1H3,(H,15,18). The Hall–Kier alpha value is -1.79. The molecular formula is C14H17N3O2S. The zero-order valence-electron chi connectivity index (χ0n) is 11.3. The second-order valence-electron chi connectivity index (χ2n) is 4.22. The maximum atomic E-state index is 11.7. The van der Waals surface area contributed by atoms with Gasteiger partial charge in [0.25, 0.3) is 0 Å². The van der Waals surface area contributed by atoms with Gasteiger partial charge in [-0.1, -0.05) is 16.6 Å². The van der Waals surface area contributed by atoms with Crippen molar-refractivity contribution in [1.29, 1.82) is 0 Å². The molecule has 0 aliphatic carbocycles. The number of anilines is 1. The lowest BCUT2D eigenvalue weighted by Crippen LogP contribution is -2.12. The number of benzene rings is 1. The highest BCUT2D eigenvalue weighted by atomic mass is 32.1. The molecule has 0 unspecified atom stereocenters. The Morgan fingerprint density at radius 1 is 1.35 bits per heavy atom. The van der Waals surface area contributed by atoms with Crippen LogP contribution in [0.3, 0.4) is 0 Å². The van der Waals surface area contributed by atoms with Crippen molar-refractivity contribution in [2.24, 2.45) is 0 Å². The van der Waals surface area contributed by atoms with Gasteiger partial charge in [0.1, 0.15) is 5.69 Å². The Morgan fingerprint density at radius 3 is 2.80 bits per heavy atom. The molecule has 0 fully saturated rings. The zero-order valence-corrected chi connectivity index (χ0v) is 12.2. The van der Waals surface area contributed by atoms with Crippen LogP contribution in [0.2, 0.25) is 0 Å². The number of amides is 1. The minimum Gasteiger partial charge on any atom is -0.382 e. The van der Waals surface area contributed by atoms with Crippen LogP contribution in [-0.4, -0.2) is 28.7 Å². The Morgan fingerprint density at radius 2 is 2.15 bits per heavy atom. The molecule has 6 heteroatoms. The van der Waals surface area contributed by atoms with E-state index in [4.69, 9.17) is 4.74 Å². The first-order valence-corrected chi connectivity index (χ1v) is 7.38. The number of carbonyl (C=O) groups excluding carboxylic acids is 1. The number of carbonyl (C=O) groups is 1. The number of rotatable bonds is 7. The van der Waals surface area contributed by atoms with Crippen molar-refractivity contribution >= 4 is 23.1 Å². The monoisotopic (exact) mass is 291 g/mol. The Balaban J connectivity index is 1.83. The molecule has 0 aliphatic rings. The smallest absolute Gasteiger partial charge is 0.224 e. The van der Waals surface area contributed by atoms with Crippen LogP contribution in [0.5, 0.6) is 0 Å². The molecule has 1 amide bonds. The lowest BCUT2D eigenvalue weighted by molar-refractivity contribution is -0.116. The van der Waals surface area contributed by atoms with Gasteiger partial charge in [0, 0.05) is 36.3 Å². The normalized spacial score (nSPS) is 10.4. The van der Waals surface area contributed by atoms with Crippen LogP contribution in [0.25, 0.3) is 11.3 Å². The molecule has 0 spiro atoms. The second kappa shape index (κ2) is 7.72. The van der Waals surface area contributed by atoms with E-state index >= 15 is 0 Å². The molecule has 0 saturated carbocycles. The summed E-state index contributed by atoms with van der Waals surface area (Å²) < 4.78 is 9.03. The first-order chi connectivity index (χ1) is 9.79. The van der Waals surface area contributed by atoms with Gasteiger partial charge in [0.15, 0.2) is 0 Å². The van der Waals surface area contributed by atoms with E-state index in [0.717, 1.165) is 23.4 Å². The van der Waals surface area contributed by atoms with Gasteiger partial charge in [-0.3, -0.25) is 4.79 Å².